The Kier molecular flexibility index (Phi) is 7.32. The van der Waals surface area contributed by atoms with Crippen LogP contribution in [0, 0.1) is 5.82 Å². The summed E-state index contributed by atoms with van der Waals surface area (Å²) in [5.74, 6) is -1.18. The quantitative estimate of drug-likeness (QED) is 0.393. The number of aromatic nitrogens is 3. The highest BCUT2D eigenvalue weighted by atomic mass is 19.1. The van der Waals surface area contributed by atoms with Gasteiger partial charge in [0.15, 0.2) is 0 Å². The van der Waals surface area contributed by atoms with Gasteiger partial charge in [-0.15, -0.1) is 5.10 Å². The molecule has 2 N–H and O–H groups in total. The molecule has 1 aliphatic carbocycles. The lowest BCUT2D eigenvalue weighted by Crippen LogP contribution is -2.26. The monoisotopic (exact) mass is 465 g/mol. The van der Waals surface area contributed by atoms with Crippen molar-refractivity contribution in [2.24, 2.45) is 0 Å². The molecule has 0 aliphatic heterocycles. The summed E-state index contributed by atoms with van der Waals surface area (Å²) in [6.07, 6.45) is 6.85. The number of carbonyl (C=O) groups excluding carboxylic acids is 2. The van der Waals surface area contributed by atoms with Crippen LogP contribution in [-0.4, -0.2) is 44.0 Å². The predicted molar refractivity (Wildman–Crippen MR) is 123 cm³/mol. The lowest BCUT2D eigenvalue weighted by atomic mass is 9.89. The van der Waals surface area contributed by atoms with Crippen molar-refractivity contribution in [2.75, 3.05) is 7.05 Å². The van der Waals surface area contributed by atoms with Gasteiger partial charge in [0.25, 0.3) is 5.91 Å². The van der Waals surface area contributed by atoms with E-state index in [4.69, 9.17) is 5.21 Å². The standard InChI is InChI=1S/C25H28FN5O3/c1-30(25(33)19-8-10-21(26)11-9-19)15-22-16-31(29-27-22)23(14-24(32)28-34)13-17-6-7-18-4-2-3-5-20(18)12-17/h6-12,16,23,34H,2-5,13-15H2,1H3,(H,28,32)/t23-/m1/s1. The number of amides is 2. The van der Waals surface area contributed by atoms with Crippen molar-refractivity contribution in [3.63, 3.8) is 0 Å². The van der Waals surface area contributed by atoms with Crippen molar-refractivity contribution in [2.45, 2.75) is 51.1 Å². The first-order valence-corrected chi connectivity index (χ1v) is 11.4. The summed E-state index contributed by atoms with van der Waals surface area (Å²) in [5.41, 5.74) is 6.46. The molecule has 178 valence electrons. The van der Waals surface area contributed by atoms with Gasteiger partial charge in [0.2, 0.25) is 5.91 Å². The number of nitrogens with zero attached hydrogens (tertiary/aromatic N) is 4. The van der Waals surface area contributed by atoms with E-state index in [1.807, 2.05) is 0 Å². The summed E-state index contributed by atoms with van der Waals surface area (Å²) < 4.78 is 14.8. The minimum atomic E-state index is -0.511. The SMILES string of the molecule is CN(Cc1cn([C@@H](CC(=O)NO)Cc2ccc3c(c2)CCCC3)nn1)C(=O)c1ccc(F)cc1. The highest BCUT2D eigenvalue weighted by Crippen LogP contribution is 2.25. The summed E-state index contributed by atoms with van der Waals surface area (Å²) >= 11 is 0. The number of aryl methyl sites for hydroxylation is 2. The Labute approximate surface area is 197 Å². The van der Waals surface area contributed by atoms with Gasteiger partial charge in [-0.05, 0) is 73.1 Å². The maximum Gasteiger partial charge on any atom is 0.253 e. The number of rotatable bonds is 8. The molecular weight excluding hydrogens is 437 g/mol. The molecule has 0 fully saturated rings. The van der Waals surface area contributed by atoms with Crippen LogP contribution < -0.4 is 5.48 Å². The third-order valence-corrected chi connectivity index (χ3v) is 6.20. The zero-order valence-electron chi connectivity index (χ0n) is 19.1. The molecule has 0 bridgehead atoms. The smallest absolute Gasteiger partial charge is 0.253 e. The van der Waals surface area contributed by atoms with Gasteiger partial charge >= 0.3 is 0 Å². The van der Waals surface area contributed by atoms with Crippen molar-refractivity contribution in [1.29, 1.82) is 0 Å². The van der Waals surface area contributed by atoms with Gasteiger partial charge in [-0.2, -0.15) is 0 Å². The third-order valence-electron chi connectivity index (χ3n) is 6.20. The van der Waals surface area contributed by atoms with Crippen LogP contribution in [0.15, 0.2) is 48.7 Å². The Bertz CT molecular complexity index is 1160. The second kappa shape index (κ2) is 10.6. The molecule has 1 heterocycles. The number of fused-ring (bicyclic) bond motifs is 1. The van der Waals surface area contributed by atoms with Crippen LogP contribution in [-0.2, 0) is 30.6 Å². The maximum absolute atomic E-state index is 13.1. The highest BCUT2D eigenvalue weighted by Gasteiger charge is 2.21. The number of hydrogen-bond donors (Lipinski definition) is 2. The van der Waals surface area contributed by atoms with E-state index in [0.717, 1.165) is 18.4 Å². The van der Waals surface area contributed by atoms with E-state index in [9.17, 15) is 14.0 Å². The van der Waals surface area contributed by atoms with Gasteiger partial charge in [0.05, 0.1) is 25.2 Å². The maximum atomic E-state index is 13.1. The van der Waals surface area contributed by atoms with Crippen molar-refractivity contribution < 1.29 is 19.2 Å². The lowest BCUT2D eigenvalue weighted by Gasteiger charge is -2.20. The minimum absolute atomic E-state index is 0.0285. The molecule has 1 atom stereocenters. The van der Waals surface area contributed by atoms with E-state index in [1.165, 1.54) is 53.1 Å². The fraction of sp³-hybridized carbons (Fsp3) is 0.360. The molecule has 2 aromatic carbocycles. The minimum Gasteiger partial charge on any atom is -0.336 e. The van der Waals surface area contributed by atoms with E-state index in [0.29, 0.717) is 17.7 Å². The molecule has 0 saturated heterocycles. The molecule has 34 heavy (non-hydrogen) atoms. The van der Waals surface area contributed by atoms with E-state index in [-0.39, 0.29) is 24.9 Å². The highest BCUT2D eigenvalue weighted by molar-refractivity contribution is 5.93. The molecule has 0 radical (unpaired) electrons. The first-order valence-electron chi connectivity index (χ1n) is 11.4. The molecule has 2 amide bonds. The Balaban J connectivity index is 1.48. The molecule has 0 unspecified atom stereocenters. The lowest BCUT2D eigenvalue weighted by molar-refractivity contribution is -0.130. The summed E-state index contributed by atoms with van der Waals surface area (Å²) in [7, 11) is 1.63. The topological polar surface area (TPSA) is 100 Å². The van der Waals surface area contributed by atoms with E-state index >= 15 is 0 Å². The number of hydroxylamine groups is 1. The zero-order valence-corrected chi connectivity index (χ0v) is 19.1. The second-order valence-electron chi connectivity index (χ2n) is 8.77. The molecule has 1 aliphatic rings. The van der Waals surface area contributed by atoms with Crippen LogP contribution in [0.5, 0.6) is 0 Å². The largest absolute Gasteiger partial charge is 0.336 e. The van der Waals surface area contributed by atoms with Crippen LogP contribution in [0.25, 0.3) is 0 Å². The third kappa shape index (κ3) is 5.66. The zero-order chi connectivity index (χ0) is 24.1. The van der Waals surface area contributed by atoms with Gasteiger partial charge in [-0.3, -0.25) is 14.8 Å². The van der Waals surface area contributed by atoms with Gasteiger partial charge in [0.1, 0.15) is 11.5 Å². The van der Waals surface area contributed by atoms with Crippen LogP contribution in [0.4, 0.5) is 4.39 Å². The molecular formula is C25H28FN5O3. The fourth-order valence-corrected chi connectivity index (χ4v) is 4.40. The van der Waals surface area contributed by atoms with Gasteiger partial charge in [0, 0.05) is 12.6 Å². The van der Waals surface area contributed by atoms with Crippen LogP contribution in [0.3, 0.4) is 0 Å². The summed E-state index contributed by atoms with van der Waals surface area (Å²) in [6, 6.07) is 11.5. The predicted octanol–water partition coefficient (Wildman–Crippen LogP) is 3.25. The molecule has 4 rings (SSSR count). The van der Waals surface area contributed by atoms with Crippen molar-refractivity contribution in [3.8, 4) is 0 Å². The number of halogens is 1. The molecule has 8 nitrogen and oxygen atoms in total. The number of nitrogens with one attached hydrogen (secondary N) is 1. The van der Waals surface area contributed by atoms with E-state index in [2.05, 4.69) is 28.5 Å². The van der Waals surface area contributed by atoms with E-state index in [1.54, 1.807) is 23.4 Å². The summed E-state index contributed by atoms with van der Waals surface area (Å²) in [4.78, 5) is 26.1. The van der Waals surface area contributed by atoms with Crippen molar-refractivity contribution >= 4 is 11.8 Å². The van der Waals surface area contributed by atoms with Crippen LogP contribution in [0.2, 0.25) is 0 Å². The van der Waals surface area contributed by atoms with Gasteiger partial charge < -0.3 is 4.90 Å². The van der Waals surface area contributed by atoms with E-state index < -0.39 is 11.7 Å². The molecule has 1 aromatic heterocycles. The Morgan fingerprint density at radius 2 is 1.88 bits per heavy atom. The molecule has 0 saturated carbocycles. The Morgan fingerprint density at radius 3 is 2.62 bits per heavy atom. The number of benzene rings is 2. The normalized spacial score (nSPS) is 13.7. The van der Waals surface area contributed by atoms with Crippen LogP contribution >= 0.6 is 0 Å². The molecule has 3 aromatic rings. The first-order chi connectivity index (χ1) is 16.4. The van der Waals surface area contributed by atoms with Crippen molar-refractivity contribution in [1.82, 2.24) is 25.4 Å². The number of hydrogen-bond acceptors (Lipinski definition) is 5. The second-order valence-corrected chi connectivity index (χ2v) is 8.77. The Hall–Kier alpha value is -3.59. The first kappa shape index (κ1) is 23.6. The molecule has 0 spiro atoms. The average Bonchev–Trinajstić information content (AvgIpc) is 3.31. The average molecular weight is 466 g/mol. The van der Waals surface area contributed by atoms with Crippen molar-refractivity contribution in [3.05, 3.63) is 82.4 Å². The fourth-order valence-electron chi connectivity index (χ4n) is 4.40. The Morgan fingerprint density at radius 1 is 1.15 bits per heavy atom. The number of carbonyl (C=O) groups is 2. The van der Waals surface area contributed by atoms with Crippen LogP contribution in [0.1, 0.15) is 58.0 Å². The van der Waals surface area contributed by atoms with Gasteiger partial charge in [-0.25, -0.2) is 14.6 Å². The summed E-state index contributed by atoms with van der Waals surface area (Å²) in [5, 5.41) is 17.4. The summed E-state index contributed by atoms with van der Waals surface area (Å²) in [6.45, 7) is 0.202. The van der Waals surface area contributed by atoms with Gasteiger partial charge in [-0.1, -0.05) is 23.4 Å². The molecule has 9 heteroatoms.